The average Bonchev–Trinajstić information content (AvgIpc) is 1.99. The maximum Gasteiger partial charge on any atom is 0.229 e. The van der Waals surface area contributed by atoms with Gasteiger partial charge in [0.15, 0.2) is 0 Å². The first-order valence-corrected chi connectivity index (χ1v) is 4.65. The first-order chi connectivity index (χ1) is 5.11. The van der Waals surface area contributed by atoms with Crippen molar-refractivity contribution in [3.8, 4) is 0 Å². The van der Waals surface area contributed by atoms with Crippen LogP contribution in [0, 0.1) is 5.92 Å². The molecule has 3 heteroatoms. The van der Waals surface area contributed by atoms with Crippen molar-refractivity contribution < 1.29 is 4.79 Å². The lowest BCUT2D eigenvalue weighted by atomic mass is 10.0. The molecule has 66 valence electrons. The molecule has 2 nitrogen and oxygen atoms in total. The van der Waals surface area contributed by atoms with Gasteiger partial charge in [-0.2, -0.15) is 12.6 Å². The highest BCUT2D eigenvalue weighted by Gasteiger charge is 2.12. The molecule has 0 aromatic carbocycles. The molecule has 0 radical (unpaired) electrons. The van der Waals surface area contributed by atoms with E-state index >= 15 is 0 Å². The number of hydrogen-bond donors (Lipinski definition) is 2. The minimum atomic E-state index is 0.0221. The fourth-order valence-corrected chi connectivity index (χ4v) is 1.08. The van der Waals surface area contributed by atoms with Crippen LogP contribution in [-0.2, 0) is 4.79 Å². The van der Waals surface area contributed by atoms with E-state index in [0.29, 0.717) is 12.0 Å². The van der Waals surface area contributed by atoms with E-state index in [9.17, 15) is 4.79 Å². The van der Waals surface area contributed by atoms with Gasteiger partial charge in [-0.05, 0) is 12.3 Å². The van der Waals surface area contributed by atoms with Crippen LogP contribution in [0.25, 0.3) is 0 Å². The molecule has 0 heterocycles. The summed E-state index contributed by atoms with van der Waals surface area (Å²) in [7, 11) is 0. The number of thiol groups is 1. The Balaban J connectivity index is 3.78. The normalized spacial score (nSPS) is 13.2. The summed E-state index contributed by atoms with van der Waals surface area (Å²) in [4.78, 5) is 10.9. The molecular weight excluding hydrogens is 158 g/mol. The standard InChI is InChI=1S/C8H17NOS/c1-4-7(6(2)3)9-8(10)5-11/h6-7,11H,4-5H2,1-3H3,(H,9,10). The molecule has 1 atom stereocenters. The van der Waals surface area contributed by atoms with Gasteiger partial charge in [-0.1, -0.05) is 20.8 Å². The Morgan fingerprint density at radius 2 is 2.09 bits per heavy atom. The van der Waals surface area contributed by atoms with Crippen LogP contribution in [0.2, 0.25) is 0 Å². The third-order valence-electron chi connectivity index (χ3n) is 1.73. The van der Waals surface area contributed by atoms with Gasteiger partial charge in [0.1, 0.15) is 0 Å². The highest BCUT2D eigenvalue weighted by molar-refractivity contribution is 7.81. The maximum atomic E-state index is 10.9. The minimum absolute atomic E-state index is 0.0221. The van der Waals surface area contributed by atoms with Crippen LogP contribution < -0.4 is 5.32 Å². The zero-order valence-corrected chi connectivity index (χ0v) is 8.32. The van der Waals surface area contributed by atoms with Crippen molar-refractivity contribution in [2.45, 2.75) is 33.2 Å². The molecule has 0 bridgehead atoms. The molecule has 0 aromatic rings. The second kappa shape index (κ2) is 5.47. The van der Waals surface area contributed by atoms with Gasteiger partial charge >= 0.3 is 0 Å². The Kier molecular flexibility index (Phi) is 5.38. The molecular formula is C8H17NOS. The van der Waals surface area contributed by atoms with Crippen LogP contribution in [0.5, 0.6) is 0 Å². The molecule has 0 aromatic heterocycles. The molecule has 1 amide bonds. The van der Waals surface area contributed by atoms with Gasteiger partial charge in [0.2, 0.25) is 5.91 Å². The summed E-state index contributed by atoms with van der Waals surface area (Å²) >= 11 is 3.89. The van der Waals surface area contributed by atoms with E-state index in [1.54, 1.807) is 0 Å². The highest BCUT2D eigenvalue weighted by atomic mass is 32.1. The van der Waals surface area contributed by atoms with Gasteiger partial charge in [-0.15, -0.1) is 0 Å². The van der Waals surface area contributed by atoms with Crippen LogP contribution in [0.1, 0.15) is 27.2 Å². The topological polar surface area (TPSA) is 29.1 Å². The molecule has 0 spiro atoms. The Hall–Kier alpha value is -0.180. The van der Waals surface area contributed by atoms with Gasteiger partial charge in [0.25, 0.3) is 0 Å². The molecule has 0 saturated carbocycles. The Morgan fingerprint density at radius 3 is 2.36 bits per heavy atom. The second-order valence-corrected chi connectivity index (χ2v) is 3.30. The molecule has 0 saturated heterocycles. The minimum Gasteiger partial charge on any atom is -0.352 e. The van der Waals surface area contributed by atoms with Gasteiger partial charge in [-0.25, -0.2) is 0 Å². The first kappa shape index (κ1) is 10.8. The van der Waals surface area contributed by atoms with Crippen molar-refractivity contribution in [1.82, 2.24) is 5.32 Å². The van der Waals surface area contributed by atoms with E-state index < -0.39 is 0 Å². The van der Waals surface area contributed by atoms with Crippen LogP contribution >= 0.6 is 12.6 Å². The number of nitrogens with one attached hydrogen (secondary N) is 1. The molecule has 0 fully saturated rings. The first-order valence-electron chi connectivity index (χ1n) is 4.02. The predicted molar refractivity (Wildman–Crippen MR) is 50.9 cm³/mol. The van der Waals surface area contributed by atoms with Crippen molar-refractivity contribution in [2.24, 2.45) is 5.92 Å². The maximum absolute atomic E-state index is 10.9. The summed E-state index contributed by atoms with van der Waals surface area (Å²) < 4.78 is 0. The zero-order chi connectivity index (χ0) is 8.85. The highest BCUT2D eigenvalue weighted by Crippen LogP contribution is 2.04. The summed E-state index contributed by atoms with van der Waals surface area (Å²) in [6, 6.07) is 0.301. The van der Waals surface area contributed by atoms with Crippen molar-refractivity contribution in [1.29, 1.82) is 0 Å². The van der Waals surface area contributed by atoms with Crippen LogP contribution in [0.15, 0.2) is 0 Å². The largest absolute Gasteiger partial charge is 0.352 e. The molecule has 11 heavy (non-hydrogen) atoms. The van der Waals surface area contributed by atoms with Crippen LogP contribution in [0.3, 0.4) is 0 Å². The van der Waals surface area contributed by atoms with E-state index in [0.717, 1.165) is 6.42 Å². The van der Waals surface area contributed by atoms with Gasteiger partial charge in [-0.3, -0.25) is 4.79 Å². The van der Waals surface area contributed by atoms with Gasteiger partial charge in [0, 0.05) is 6.04 Å². The molecule has 0 aliphatic heterocycles. The van der Waals surface area contributed by atoms with Gasteiger partial charge < -0.3 is 5.32 Å². The summed E-state index contributed by atoms with van der Waals surface area (Å²) in [6.07, 6.45) is 0.983. The van der Waals surface area contributed by atoms with Crippen LogP contribution in [0.4, 0.5) is 0 Å². The number of amides is 1. The van der Waals surface area contributed by atoms with E-state index in [1.165, 1.54) is 0 Å². The summed E-state index contributed by atoms with van der Waals surface area (Å²) in [5.41, 5.74) is 0. The molecule has 0 aliphatic carbocycles. The fourth-order valence-electron chi connectivity index (χ4n) is 0.993. The molecule has 1 unspecified atom stereocenters. The lowest BCUT2D eigenvalue weighted by molar-refractivity contribution is -0.119. The Bertz CT molecular complexity index is 125. The third kappa shape index (κ3) is 4.30. The third-order valence-corrected chi connectivity index (χ3v) is 2.02. The lowest BCUT2D eigenvalue weighted by Gasteiger charge is -2.19. The number of hydrogen-bond acceptors (Lipinski definition) is 2. The number of carbonyl (C=O) groups is 1. The van der Waals surface area contributed by atoms with Crippen molar-refractivity contribution in [3.63, 3.8) is 0 Å². The van der Waals surface area contributed by atoms with Crippen LogP contribution in [-0.4, -0.2) is 17.7 Å². The van der Waals surface area contributed by atoms with Crippen molar-refractivity contribution in [3.05, 3.63) is 0 Å². The molecule has 0 rings (SSSR count). The zero-order valence-electron chi connectivity index (χ0n) is 7.42. The summed E-state index contributed by atoms with van der Waals surface area (Å²) in [5.74, 6) is 0.807. The summed E-state index contributed by atoms with van der Waals surface area (Å²) in [6.45, 7) is 6.28. The fraction of sp³-hybridized carbons (Fsp3) is 0.875. The monoisotopic (exact) mass is 175 g/mol. The molecule has 1 N–H and O–H groups in total. The number of carbonyl (C=O) groups excluding carboxylic acids is 1. The van der Waals surface area contributed by atoms with E-state index in [1.807, 2.05) is 0 Å². The lowest BCUT2D eigenvalue weighted by Crippen LogP contribution is -2.38. The van der Waals surface area contributed by atoms with E-state index in [4.69, 9.17) is 0 Å². The smallest absolute Gasteiger partial charge is 0.229 e. The van der Waals surface area contributed by atoms with Crippen molar-refractivity contribution in [2.75, 3.05) is 5.75 Å². The van der Waals surface area contributed by atoms with E-state index in [-0.39, 0.29) is 11.7 Å². The Morgan fingerprint density at radius 1 is 1.55 bits per heavy atom. The Labute approximate surface area is 74.2 Å². The SMILES string of the molecule is CCC(NC(=O)CS)C(C)C. The molecule has 0 aliphatic rings. The average molecular weight is 175 g/mol. The predicted octanol–water partition coefficient (Wildman–Crippen LogP) is 1.47. The second-order valence-electron chi connectivity index (χ2n) is 2.98. The van der Waals surface area contributed by atoms with Gasteiger partial charge in [0.05, 0.1) is 5.75 Å². The number of rotatable bonds is 4. The van der Waals surface area contributed by atoms with Crippen molar-refractivity contribution >= 4 is 18.5 Å². The van der Waals surface area contributed by atoms with E-state index in [2.05, 4.69) is 38.7 Å². The summed E-state index contributed by atoms with van der Waals surface area (Å²) in [5, 5.41) is 2.90. The quantitative estimate of drug-likeness (QED) is 0.622.